The molecule has 47 heavy (non-hydrogen) atoms. The molecule has 0 atom stereocenters. The van der Waals surface area contributed by atoms with E-state index >= 15 is 0 Å². The number of methoxy groups -OCH3 is 1. The van der Waals surface area contributed by atoms with Gasteiger partial charge in [0.15, 0.2) is 0 Å². The van der Waals surface area contributed by atoms with Crippen LogP contribution in [0.5, 0.6) is 11.6 Å². The first kappa shape index (κ1) is 32.5. The van der Waals surface area contributed by atoms with E-state index in [1.54, 1.807) is 45.0 Å². The molecule has 6 aromatic rings. The Morgan fingerprint density at radius 2 is 1.72 bits per heavy atom. The van der Waals surface area contributed by atoms with Gasteiger partial charge in [0.1, 0.15) is 16.2 Å². The van der Waals surface area contributed by atoms with Gasteiger partial charge in [0.25, 0.3) is 11.6 Å². The van der Waals surface area contributed by atoms with Gasteiger partial charge in [-0.15, -0.1) is 11.3 Å². The second kappa shape index (κ2) is 11.4. The molecule has 0 radical (unpaired) electrons. The molecule has 4 aromatic heterocycles. The lowest BCUT2D eigenvalue weighted by Gasteiger charge is -2.21. The summed E-state index contributed by atoms with van der Waals surface area (Å²) in [5.41, 5.74) is -3.72. The molecule has 4 heterocycles. The number of thiophene rings is 1. The van der Waals surface area contributed by atoms with Gasteiger partial charge in [-0.25, -0.2) is 22.2 Å². The number of ether oxygens (including phenoxy) is 2. The largest absolute Gasteiger partial charge is 0.497 e. The molecule has 246 valence electrons. The molecule has 0 aliphatic heterocycles. The average Bonchev–Trinajstić information content (AvgIpc) is 3.56. The molecule has 0 aliphatic carbocycles. The highest BCUT2D eigenvalue weighted by Gasteiger charge is 2.41. The molecule has 0 saturated heterocycles. The Morgan fingerprint density at radius 3 is 2.32 bits per heavy atom. The summed E-state index contributed by atoms with van der Waals surface area (Å²) in [5.74, 6) is 0.490. The van der Waals surface area contributed by atoms with Crippen molar-refractivity contribution in [3.8, 4) is 22.9 Å². The summed E-state index contributed by atoms with van der Waals surface area (Å²) in [7, 11) is -2.43. The number of halogens is 5. The molecule has 9 nitrogen and oxygen atoms in total. The maximum absolute atomic E-state index is 14.8. The van der Waals surface area contributed by atoms with Gasteiger partial charge in [-0.2, -0.15) is 23.3 Å². The molecular weight excluding hydrogens is 665 g/mol. The molecule has 0 saturated carbocycles. The second-order valence-corrected chi connectivity index (χ2v) is 14.6. The normalized spacial score (nSPS) is 12.9. The van der Waals surface area contributed by atoms with E-state index in [9.17, 15) is 30.4 Å². The maximum atomic E-state index is 14.8. The van der Waals surface area contributed by atoms with Crippen molar-refractivity contribution < 1.29 is 39.8 Å². The van der Waals surface area contributed by atoms with E-state index < -0.39 is 49.9 Å². The van der Waals surface area contributed by atoms with E-state index in [1.165, 1.54) is 30.3 Å². The number of pyridine rings is 1. The van der Waals surface area contributed by atoms with Gasteiger partial charge >= 0.3 is 6.18 Å². The number of benzene rings is 2. The van der Waals surface area contributed by atoms with Gasteiger partial charge in [-0.3, -0.25) is 9.67 Å². The molecule has 0 unspecified atom stereocenters. The number of rotatable bonds is 7. The summed E-state index contributed by atoms with van der Waals surface area (Å²) in [6.07, 6.45) is -5.34. The van der Waals surface area contributed by atoms with Crippen molar-refractivity contribution in [2.75, 3.05) is 13.4 Å². The lowest BCUT2D eigenvalue weighted by molar-refractivity contribution is -0.138. The van der Waals surface area contributed by atoms with Crippen molar-refractivity contribution in [1.82, 2.24) is 24.7 Å². The van der Waals surface area contributed by atoms with Crippen LogP contribution in [0.15, 0.2) is 53.9 Å². The lowest BCUT2D eigenvalue weighted by atomic mass is 9.93. The Bertz CT molecular complexity index is 2280. The SMILES string of the molecule is COc1ccc(Cn2ncc3c(-c4nccc5c4sc4nc(S(C)(=O)=O)nc(OC(C)(C)C)c45)c(C(F)(F)F)c(C(F)F)cc32)cc1. The van der Waals surface area contributed by atoms with Crippen LogP contribution in [0.3, 0.4) is 0 Å². The summed E-state index contributed by atoms with van der Waals surface area (Å²) in [6.45, 7) is 5.22. The van der Waals surface area contributed by atoms with Crippen LogP contribution in [0, 0.1) is 0 Å². The molecule has 0 bridgehead atoms. The van der Waals surface area contributed by atoms with Crippen LogP contribution in [0.1, 0.15) is 43.9 Å². The van der Waals surface area contributed by atoms with Gasteiger partial charge in [0.05, 0.1) is 46.7 Å². The zero-order chi connectivity index (χ0) is 34.1. The van der Waals surface area contributed by atoms with Gasteiger partial charge in [0, 0.05) is 34.4 Å². The molecule has 6 rings (SSSR count). The van der Waals surface area contributed by atoms with E-state index in [0.29, 0.717) is 16.7 Å². The van der Waals surface area contributed by atoms with Crippen molar-refractivity contribution in [3.05, 3.63) is 65.5 Å². The zero-order valence-electron chi connectivity index (χ0n) is 25.5. The number of aromatic nitrogens is 5. The van der Waals surface area contributed by atoms with Crippen LogP contribution in [0.4, 0.5) is 22.0 Å². The highest BCUT2D eigenvalue weighted by molar-refractivity contribution is 7.90. The van der Waals surface area contributed by atoms with Crippen molar-refractivity contribution >= 4 is 52.4 Å². The molecule has 0 amide bonds. The summed E-state index contributed by atoms with van der Waals surface area (Å²) in [6, 6.07) is 9.17. The zero-order valence-corrected chi connectivity index (χ0v) is 27.1. The minimum Gasteiger partial charge on any atom is -0.497 e. The highest BCUT2D eigenvalue weighted by Crippen LogP contribution is 2.49. The number of alkyl halides is 5. The first-order chi connectivity index (χ1) is 22.0. The summed E-state index contributed by atoms with van der Waals surface area (Å²) in [4.78, 5) is 12.7. The quantitative estimate of drug-likeness (QED) is 0.123. The first-order valence-electron chi connectivity index (χ1n) is 14.0. The third kappa shape index (κ3) is 6.06. The number of nitrogens with zero attached hydrogens (tertiary/aromatic N) is 5. The van der Waals surface area contributed by atoms with Crippen molar-refractivity contribution in [3.63, 3.8) is 0 Å². The van der Waals surface area contributed by atoms with Crippen LogP contribution >= 0.6 is 11.3 Å². The fraction of sp³-hybridized carbons (Fsp3) is 0.290. The minimum absolute atomic E-state index is 0.0370. The van der Waals surface area contributed by atoms with Crippen molar-refractivity contribution in [2.45, 2.75) is 50.7 Å². The Hall–Kier alpha value is -4.44. The first-order valence-corrected chi connectivity index (χ1v) is 16.7. The molecule has 0 N–H and O–H groups in total. The van der Waals surface area contributed by atoms with E-state index in [4.69, 9.17) is 9.47 Å². The van der Waals surface area contributed by atoms with Gasteiger partial charge in [-0.05, 0) is 50.6 Å². The van der Waals surface area contributed by atoms with E-state index in [2.05, 4.69) is 20.1 Å². The highest BCUT2D eigenvalue weighted by atomic mass is 32.2. The Kier molecular flexibility index (Phi) is 7.86. The number of hydrogen-bond donors (Lipinski definition) is 0. The number of hydrogen-bond acceptors (Lipinski definition) is 9. The van der Waals surface area contributed by atoms with Gasteiger partial charge in [0.2, 0.25) is 15.7 Å². The molecule has 0 spiro atoms. The summed E-state index contributed by atoms with van der Waals surface area (Å²) >= 11 is 0.857. The molecular formula is C31H26F5N5O4S2. The Morgan fingerprint density at radius 1 is 1.02 bits per heavy atom. The van der Waals surface area contributed by atoms with Crippen molar-refractivity contribution in [2.24, 2.45) is 0 Å². The Labute approximate surface area is 268 Å². The van der Waals surface area contributed by atoms with Gasteiger partial charge in [-0.1, -0.05) is 12.1 Å². The second-order valence-electron chi connectivity index (χ2n) is 11.7. The number of sulfone groups is 1. The van der Waals surface area contributed by atoms with Crippen LogP contribution in [-0.2, 0) is 22.6 Å². The standard InChI is InChI=1S/C31H26F5N5O4S2/c1-30(2,3)45-27-22-17-10-11-37-24(25(17)46-28(22)40-29(39-27)47(5,42)43)21-19-13-38-41(14-15-6-8-16(44-4)9-7-15)20(19)12-18(26(32)33)23(21)31(34,35)36/h6-13,26H,14H2,1-5H3. The van der Waals surface area contributed by atoms with E-state index in [0.717, 1.165) is 23.7 Å². The van der Waals surface area contributed by atoms with Crippen LogP contribution in [0.25, 0.3) is 42.5 Å². The smallest absolute Gasteiger partial charge is 0.417 e. The molecule has 2 aromatic carbocycles. The van der Waals surface area contributed by atoms with Crippen molar-refractivity contribution in [1.29, 1.82) is 0 Å². The molecule has 0 aliphatic rings. The fourth-order valence-corrected chi connectivity index (χ4v) is 6.97. The lowest BCUT2D eigenvalue weighted by Crippen LogP contribution is -2.24. The third-order valence-corrected chi connectivity index (χ3v) is 9.11. The molecule has 16 heteroatoms. The fourth-order valence-electron chi connectivity index (χ4n) is 5.25. The minimum atomic E-state index is -5.21. The maximum Gasteiger partial charge on any atom is 0.417 e. The summed E-state index contributed by atoms with van der Waals surface area (Å²) < 4.78 is 111. The Balaban J connectivity index is 1.69. The van der Waals surface area contributed by atoms with Crippen LogP contribution in [-0.4, -0.2) is 52.1 Å². The predicted octanol–water partition coefficient (Wildman–Crippen LogP) is 7.85. The monoisotopic (exact) mass is 691 g/mol. The van der Waals surface area contributed by atoms with Gasteiger partial charge < -0.3 is 9.47 Å². The van der Waals surface area contributed by atoms with Crippen LogP contribution in [0.2, 0.25) is 0 Å². The predicted molar refractivity (Wildman–Crippen MR) is 167 cm³/mol. The van der Waals surface area contributed by atoms with E-state index in [1.807, 2.05) is 0 Å². The third-order valence-electron chi connectivity index (χ3n) is 7.16. The topological polar surface area (TPSA) is 109 Å². The molecule has 0 fully saturated rings. The van der Waals surface area contributed by atoms with Crippen LogP contribution < -0.4 is 9.47 Å². The average molecular weight is 692 g/mol. The summed E-state index contributed by atoms with van der Waals surface area (Å²) in [5, 5.41) is 4.27. The van der Waals surface area contributed by atoms with E-state index in [-0.39, 0.29) is 43.9 Å². The number of fused-ring (bicyclic) bond motifs is 4.